The summed E-state index contributed by atoms with van der Waals surface area (Å²) in [6, 6.07) is 8.18. The number of carbonyl (C=O) groups is 2. The van der Waals surface area contributed by atoms with Crippen molar-refractivity contribution in [2.45, 2.75) is 0 Å². The van der Waals surface area contributed by atoms with Gasteiger partial charge in [-0.2, -0.15) is 0 Å². The van der Waals surface area contributed by atoms with Crippen LogP contribution in [-0.4, -0.2) is 58.2 Å². The van der Waals surface area contributed by atoms with Gasteiger partial charge in [-0.3, -0.25) is 10.1 Å². The summed E-state index contributed by atoms with van der Waals surface area (Å²) in [5.41, 5.74) is 0.973. The third-order valence-corrected chi connectivity index (χ3v) is 3.78. The lowest BCUT2D eigenvalue weighted by atomic mass is 10.1. The molecule has 8 heteroatoms. The number of nitrogens with one attached hydrogen (secondary N) is 1. The van der Waals surface area contributed by atoms with Crippen LogP contribution in [0.5, 0.6) is 0 Å². The van der Waals surface area contributed by atoms with Gasteiger partial charge in [0.15, 0.2) is 0 Å². The van der Waals surface area contributed by atoms with Gasteiger partial charge in [-0.15, -0.1) is 0 Å². The van der Waals surface area contributed by atoms with Gasteiger partial charge in [0.05, 0.1) is 0 Å². The third kappa shape index (κ3) is 3.60. The molecule has 2 aromatic rings. The molecule has 3 rings (SSSR count). The van der Waals surface area contributed by atoms with Gasteiger partial charge in [-0.1, -0.05) is 0 Å². The summed E-state index contributed by atoms with van der Waals surface area (Å²) < 4.78 is 0. The molecular formula is C16H17N5O3. The Hall–Kier alpha value is -3.16. The maximum atomic E-state index is 12.5. The standard InChI is InChI=1S/C16H17N5O3/c22-14(12-2-4-13(5-3-12)19-16(23)24)20-8-10-21(11-9-20)15-17-6-1-7-18-15/h1-7,19H,8-11H2,(H,23,24). The molecule has 2 N–H and O–H groups in total. The Bertz CT molecular complexity index is 712. The molecule has 1 saturated heterocycles. The Morgan fingerprint density at radius 1 is 1.00 bits per heavy atom. The van der Waals surface area contributed by atoms with Gasteiger partial charge in [0.1, 0.15) is 0 Å². The van der Waals surface area contributed by atoms with Gasteiger partial charge in [0.2, 0.25) is 5.95 Å². The summed E-state index contributed by atoms with van der Waals surface area (Å²) in [7, 11) is 0. The normalized spacial score (nSPS) is 14.3. The minimum absolute atomic E-state index is 0.0643. The van der Waals surface area contributed by atoms with Crippen molar-refractivity contribution in [3.05, 3.63) is 48.3 Å². The number of carbonyl (C=O) groups excluding carboxylic acids is 1. The summed E-state index contributed by atoms with van der Waals surface area (Å²) in [6.45, 7) is 2.53. The molecule has 1 aromatic heterocycles. The molecule has 0 bridgehead atoms. The highest BCUT2D eigenvalue weighted by molar-refractivity contribution is 5.95. The van der Waals surface area contributed by atoms with Crippen LogP contribution in [0.2, 0.25) is 0 Å². The largest absolute Gasteiger partial charge is 0.465 e. The van der Waals surface area contributed by atoms with Crippen molar-refractivity contribution >= 4 is 23.6 Å². The van der Waals surface area contributed by atoms with Crippen molar-refractivity contribution in [1.29, 1.82) is 0 Å². The first-order chi connectivity index (χ1) is 11.6. The van der Waals surface area contributed by atoms with Crippen LogP contribution in [0.4, 0.5) is 16.4 Å². The Morgan fingerprint density at radius 2 is 1.62 bits per heavy atom. The van der Waals surface area contributed by atoms with E-state index in [9.17, 15) is 9.59 Å². The molecule has 0 radical (unpaired) electrons. The second-order valence-electron chi connectivity index (χ2n) is 5.34. The molecular weight excluding hydrogens is 310 g/mol. The lowest BCUT2D eigenvalue weighted by Gasteiger charge is -2.34. The number of amides is 2. The SMILES string of the molecule is O=C(O)Nc1ccc(C(=O)N2CCN(c3ncccn3)CC2)cc1. The zero-order valence-electron chi connectivity index (χ0n) is 12.9. The number of anilines is 2. The van der Waals surface area contributed by atoms with Gasteiger partial charge in [-0.05, 0) is 30.3 Å². The van der Waals surface area contributed by atoms with E-state index in [1.807, 2.05) is 4.90 Å². The van der Waals surface area contributed by atoms with Crippen molar-refractivity contribution in [3.8, 4) is 0 Å². The molecule has 0 unspecified atom stereocenters. The first-order valence-electron chi connectivity index (χ1n) is 7.55. The van der Waals surface area contributed by atoms with Crippen molar-refractivity contribution in [1.82, 2.24) is 14.9 Å². The summed E-state index contributed by atoms with van der Waals surface area (Å²) in [5, 5.41) is 10.9. The maximum Gasteiger partial charge on any atom is 0.409 e. The first kappa shape index (κ1) is 15.7. The lowest BCUT2D eigenvalue weighted by molar-refractivity contribution is 0.0746. The summed E-state index contributed by atoms with van der Waals surface area (Å²) in [5.74, 6) is 0.610. The fourth-order valence-electron chi connectivity index (χ4n) is 2.57. The van der Waals surface area contributed by atoms with Crippen LogP contribution < -0.4 is 10.2 Å². The number of hydrogen-bond acceptors (Lipinski definition) is 5. The number of hydrogen-bond donors (Lipinski definition) is 2. The average Bonchev–Trinajstić information content (AvgIpc) is 2.62. The van der Waals surface area contributed by atoms with Crippen molar-refractivity contribution in [3.63, 3.8) is 0 Å². The second-order valence-corrected chi connectivity index (χ2v) is 5.34. The molecule has 0 aliphatic carbocycles. The molecule has 1 aliphatic rings. The van der Waals surface area contributed by atoms with E-state index < -0.39 is 6.09 Å². The molecule has 0 spiro atoms. The smallest absolute Gasteiger partial charge is 0.409 e. The highest BCUT2D eigenvalue weighted by atomic mass is 16.4. The number of benzene rings is 1. The first-order valence-corrected chi connectivity index (χ1v) is 7.55. The quantitative estimate of drug-likeness (QED) is 0.887. The Balaban J connectivity index is 1.60. The van der Waals surface area contributed by atoms with Crippen molar-refractivity contribution < 1.29 is 14.7 Å². The van der Waals surface area contributed by atoms with Gasteiger partial charge in [0, 0.05) is 49.8 Å². The van der Waals surface area contributed by atoms with Crippen LogP contribution in [0.25, 0.3) is 0 Å². The molecule has 2 amide bonds. The monoisotopic (exact) mass is 327 g/mol. The molecule has 0 atom stereocenters. The summed E-state index contributed by atoms with van der Waals surface area (Å²) in [4.78, 5) is 35.4. The predicted octanol–water partition coefficient (Wildman–Crippen LogP) is 1.53. The molecule has 24 heavy (non-hydrogen) atoms. The Kier molecular flexibility index (Phi) is 4.55. The zero-order chi connectivity index (χ0) is 16.9. The maximum absolute atomic E-state index is 12.5. The fraction of sp³-hybridized carbons (Fsp3) is 0.250. The van der Waals surface area contributed by atoms with E-state index in [0.717, 1.165) is 0 Å². The van der Waals surface area contributed by atoms with E-state index in [0.29, 0.717) is 43.4 Å². The number of rotatable bonds is 3. The number of piperazine rings is 1. The van der Waals surface area contributed by atoms with Gasteiger partial charge < -0.3 is 14.9 Å². The molecule has 0 saturated carbocycles. The van der Waals surface area contributed by atoms with E-state index in [1.54, 1.807) is 47.6 Å². The number of aromatic nitrogens is 2. The van der Waals surface area contributed by atoms with Gasteiger partial charge in [0.25, 0.3) is 5.91 Å². The van der Waals surface area contributed by atoms with Gasteiger partial charge >= 0.3 is 6.09 Å². The van der Waals surface area contributed by atoms with Crippen LogP contribution in [0, 0.1) is 0 Å². The van der Waals surface area contributed by atoms with E-state index in [-0.39, 0.29) is 5.91 Å². The van der Waals surface area contributed by atoms with E-state index in [4.69, 9.17) is 5.11 Å². The third-order valence-electron chi connectivity index (χ3n) is 3.78. The van der Waals surface area contributed by atoms with Crippen LogP contribution in [0.3, 0.4) is 0 Å². The average molecular weight is 327 g/mol. The summed E-state index contributed by atoms with van der Waals surface area (Å²) in [6.07, 6.45) is 2.27. The topological polar surface area (TPSA) is 98.7 Å². The molecule has 1 aromatic carbocycles. The highest BCUT2D eigenvalue weighted by Gasteiger charge is 2.23. The minimum atomic E-state index is -1.13. The molecule has 1 fully saturated rings. The van der Waals surface area contributed by atoms with Crippen LogP contribution in [0.1, 0.15) is 10.4 Å². The Labute approximate surface area is 138 Å². The predicted molar refractivity (Wildman–Crippen MR) is 88.2 cm³/mol. The van der Waals surface area contributed by atoms with Gasteiger partial charge in [-0.25, -0.2) is 14.8 Å². The minimum Gasteiger partial charge on any atom is -0.465 e. The fourth-order valence-corrected chi connectivity index (χ4v) is 2.57. The van der Waals surface area contributed by atoms with Crippen molar-refractivity contribution in [2.75, 3.05) is 36.4 Å². The zero-order valence-corrected chi connectivity index (χ0v) is 12.9. The Morgan fingerprint density at radius 3 is 2.21 bits per heavy atom. The molecule has 124 valence electrons. The molecule has 1 aliphatic heterocycles. The highest BCUT2D eigenvalue weighted by Crippen LogP contribution is 2.15. The molecule has 2 heterocycles. The number of carboxylic acid groups (broad SMARTS) is 1. The summed E-state index contributed by atoms with van der Waals surface area (Å²) >= 11 is 0. The van der Waals surface area contributed by atoms with Crippen LogP contribution in [-0.2, 0) is 0 Å². The molecule has 8 nitrogen and oxygen atoms in total. The number of nitrogens with zero attached hydrogens (tertiary/aromatic N) is 4. The second kappa shape index (κ2) is 6.95. The van der Waals surface area contributed by atoms with E-state index >= 15 is 0 Å². The van der Waals surface area contributed by atoms with Crippen LogP contribution >= 0.6 is 0 Å². The van der Waals surface area contributed by atoms with E-state index in [1.165, 1.54) is 0 Å². The van der Waals surface area contributed by atoms with E-state index in [2.05, 4.69) is 15.3 Å². The van der Waals surface area contributed by atoms with Crippen LogP contribution in [0.15, 0.2) is 42.7 Å². The lowest BCUT2D eigenvalue weighted by Crippen LogP contribution is -2.49. The van der Waals surface area contributed by atoms with Crippen molar-refractivity contribution in [2.24, 2.45) is 0 Å².